The van der Waals surface area contributed by atoms with Gasteiger partial charge >= 0.3 is 5.97 Å². The highest BCUT2D eigenvalue weighted by Gasteiger charge is 2.46. The molecule has 1 aliphatic heterocycles. The minimum absolute atomic E-state index is 0.331. The molecule has 1 aliphatic carbocycles. The van der Waals surface area contributed by atoms with Gasteiger partial charge in [0.1, 0.15) is 5.82 Å². The molecule has 0 saturated heterocycles. The molecule has 9 heteroatoms. The van der Waals surface area contributed by atoms with E-state index in [1.54, 1.807) is 49.8 Å². The lowest BCUT2D eigenvalue weighted by Gasteiger charge is -2.28. The maximum Gasteiger partial charge on any atom is 0.317 e. The zero-order valence-corrected chi connectivity index (χ0v) is 22.1. The number of methoxy groups -OCH3 is 2. The van der Waals surface area contributed by atoms with Crippen molar-refractivity contribution in [3.05, 3.63) is 81.8 Å². The highest BCUT2D eigenvalue weighted by molar-refractivity contribution is 7.12. The van der Waals surface area contributed by atoms with Gasteiger partial charge in [0.05, 0.1) is 36.3 Å². The summed E-state index contributed by atoms with van der Waals surface area (Å²) < 4.78 is 31.1. The molecular formula is C29H29FN2O5S. The molecule has 3 aromatic rings. The molecule has 0 radical (unpaired) electrons. The van der Waals surface area contributed by atoms with Gasteiger partial charge < -0.3 is 14.2 Å². The number of benzene rings is 2. The van der Waals surface area contributed by atoms with Crippen LogP contribution in [-0.4, -0.2) is 43.4 Å². The molecule has 2 heterocycles. The van der Waals surface area contributed by atoms with Gasteiger partial charge in [0.25, 0.3) is 5.91 Å². The first-order valence-corrected chi connectivity index (χ1v) is 13.4. The number of hydrogen-bond donors (Lipinski definition) is 0. The Morgan fingerprint density at radius 3 is 2.50 bits per heavy atom. The standard InChI is InChI=1S/C29H29FN2O5S/c1-35-24-12-11-19(16-25(24)36-2)23-17-22(26-10-7-15-38-26)31-32(23)27(33)18-37-28(34)29(13-5-6-14-29)20-8-3-4-9-21(20)30/h3-4,7-12,15-16,23H,5-6,13-14,17-18H2,1-2H3/t23-/m0/s1. The molecule has 1 atom stereocenters. The number of hydrogen-bond acceptors (Lipinski definition) is 7. The molecular weight excluding hydrogens is 507 g/mol. The molecule has 7 nitrogen and oxygen atoms in total. The number of rotatable bonds is 8. The van der Waals surface area contributed by atoms with Gasteiger partial charge in [0.2, 0.25) is 0 Å². The summed E-state index contributed by atoms with van der Waals surface area (Å²) in [5.74, 6) is -0.336. The molecule has 0 unspecified atom stereocenters. The number of esters is 1. The Hall–Kier alpha value is -3.72. The fourth-order valence-corrected chi connectivity index (χ4v) is 6.12. The minimum Gasteiger partial charge on any atom is -0.493 e. The third-order valence-electron chi connectivity index (χ3n) is 7.33. The summed E-state index contributed by atoms with van der Waals surface area (Å²) in [6, 6.07) is 15.3. The van der Waals surface area contributed by atoms with Gasteiger partial charge in [-0.2, -0.15) is 5.10 Å². The van der Waals surface area contributed by atoms with Crippen molar-refractivity contribution in [2.45, 2.75) is 43.6 Å². The summed E-state index contributed by atoms with van der Waals surface area (Å²) in [5, 5.41) is 7.98. The van der Waals surface area contributed by atoms with E-state index in [9.17, 15) is 14.0 Å². The summed E-state index contributed by atoms with van der Waals surface area (Å²) in [6.45, 7) is -0.486. The zero-order chi connectivity index (χ0) is 26.7. The normalized spacial score (nSPS) is 18.2. The third kappa shape index (κ3) is 4.78. The first-order valence-electron chi connectivity index (χ1n) is 12.5. The van der Waals surface area contributed by atoms with Crippen molar-refractivity contribution in [2.75, 3.05) is 20.8 Å². The summed E-state index contributed by atoms with van der Waals surface area (Å²) >= 11 is 1.54. The largest absolute Gasteiger partial charge is 0.493 e. The average molecular weight is 537 g/mol. The number of ether oxygens (including phenoxy) is 3. The molecule has 1 fully saturated rings. The summed E-state index contributed by atoms with van der Waals surface area (Å²) in [4.78, 5) is 27.8. The van der Waals surface area contributed by atoms with Crippen LogP contribution in [0.2, 0.25) is 0 Å². The van der Waals surface area contributed by atoms with Crippen LogP contribution >= 0.6 is 11.3 Å². The van der Waals surface area contributed by atoms with Crippen molar-refractivity contribution in [3.63, 3.8) is 0 Å². The van der Waals surface area contributed by atoms with Crippen molar-refractivity contribution >= 4 is 28.9 Å². The third-order valence-corrected chi connectivity index (χ3v) is 8.25. The van der Waals surface area contributed by atoms with Gasteiger partial charge in [0, 0.05) is 12.0 Å². The van der Waals surface area contributed by atoms with E-state index < -0.39 is 35.8 Å². The zero-order valence-electron chi connectivity index (χ0n) is 21.3. The van der Waals surface area contributed by atoms with Crippen molar-refractivity contribution in [2.24, 2.45) is 5.10 Å². The van der Waals surface area contributed by atoms with Crippen LogP contribution in [0.5, 0.6) is 11.5 Å². The Labute approximate surface area is 224 Å². The predicted octanol–water partition coefficient (Wildman–Crippen LogP) is 5.64. The van der Waals surface area contributed by atoms with Crippen LogP contribution < -0.4 is 9.47 Å². The van der Waals surface area contributed by atoms with E-state index >= 15 is 0 Å². The number of amides is 1. The molecule has 1 saturated carbocycles. The van der Waals surface area contributed by atoms with Crippen molar-refractivity contribution in [1.29, 1.82) is 0 Å². The van der Waals surface area contributed by atoms with E-state index in [0.29, 0.717) is 36.3 Å². The number of nitrogens with zero attached hydrogens (tertiary/aromatic N) is 2. The van der Waals surface area contributed by atoms with Crippen molar-refractivity contribution in [3.8, 4) is 11.5 Å². The van der Waals surface area contributed by atoms with Crippen LogP contribution in [0.1, 0.15) is 54.1 Å². The van der Waals surface area contributed by atoms with Crippen LogP contribution in [-0.2, 0) is 19.7 Å². The van der Waals surface area contributed by atoms with Crippen molar-refractivity contribution < 1.29 is 28.2 Å². The topological polar surface area (TPSA) is 77.4 Å². The lowest BCUT2D eigenvalue weighted by molar-refractivity contribution is -0.157. The summed E-state index contributed by atoms with van der Waals surface area (Å²) in [7, 11) is 3.12. The van der Waals surface area contributed by atoms with Crippen LogP contribution in [0.3, 0.4) is 0 Å². The van der Waals surface area contributed by atoms with Crippen LogP contribution in [0.25, 0.3) is 0 Å². The molecule has 2 aliphatic rings. The minimum atomic E-state index is -1.08. The average Bonchev–Trinajstić information content (AvgIpc) is 3.72. The Bertz CT molecular complexity index is 1350. The van der Waals surface area contributed by atoms with E-state index in [1.165, 1.54) is 11.1 Å². The fraction of sp³-hybridized carbons (Fsp3) is 0.345. The van der Waals surface area contributed by atoms with Gasteiger partial charge in [-0.25, -0.2) is 9.40 Å². The Morgan fingerprint density at radius 2 is 1.82 bits per heavy atom. The first-order chi connectivity index (χ1) is 18.5. The number of carbonyl (C=O) groups excluding carboxylic acids is 2. The quantitative estimate of drug-likeness (QED) is 0.349. The maximum absolute atomic E-state index is 14.7. The summed E-state index contributed by atoms with van der Waals surface area (Å²) in [6.07, 6.45) is 3.05. The van der Waals surface area contributed by atoms with E-state index in [4.69, 9.17) is 14.2 Å². The van der Waals surface area contributed by atoms with E-state index in [2.05, 4.69) is 5.10 Å². The molecule has 5 rings (SSSR count). The van der Waals surface area contributed by atoms with Gasteiger partial charge in [-0.15, -0.1) is 11.3 Å². The smallest absolute Gasteiger partial charge is 0.317 e. The second-order valence-electron chi connectivity index (χ2n) is 9.44. The Kier molecular flexibility index (Phi) is 7.46. The van der Waals surface area contributed by atoms with Gasteiger partial charge in [-0.05, 0) is 48.1 Å². The molecule has 0 bridgehead atoms. The predicted molar refractivity (Wildman–Crippen MR) is 142 cm³/mol. The lowest BCUT2D eigenvalue weighted by Crippen LogP contribution is -2.38. The first kappa shape index (κ1) is 25.9. The molecule has 38 heavy (non-hydrogen) atoms. The summed E-state index contributed by atoms with van der Waals surface area (Å²) in [5.41, 5.74) is 0.844. The molecule has 198 valence electrons. The monoisotopic (exact) mass is 536 g/mol. The fourth-order valence-electron chi connectivity index (χ4n) is 5.39. The number of thiophene rings is 1. The van der Waals surface area contributed by atoms with Gasteiger partial charge in [-0.3, -0.25) is 9.59 Å². The maximum atomic E-state index is 14.7. The molecule has 1 aromatic heterocycles. The second kappa shape index (κ2) is 10.9. The molecule has 0 spiro atoms. The number of hydrazone groups is 1. The SMILES string of the molecule is COc1ccc([C@@H]2CC(c3cccs3)=NN2C(=O)COC(=O)C2(c3ccccc3F)CCCC2)cc1OC. The number of carbonyl (C=O) groups is 2. The van der Waals surface area contributed by atoms with Crippen LogP contribution in [0, 0.1) is 5.82 Å². The van der Waals surface area contributed by atoms with E-state index in [0.717, 1.165) is 29.0 Å². The second-order valence-corrected chi connectivity index (χ2v) is 10.4. The molecule has 0 N–H and O–H groups in total. The van der Waals surface area contributed by atoms with E-state index in [1.807, 2.05) is 29.6 Å². The van der Waals surface area contributed by atoms with Crippen LogP contribution in [0.15, 0.2) is 65.1 Å². The highest BCUT2D eigenvalue weighted by atomic mass is 32.1. The van der Waals surface area contributed by atoms with Gasteiger partial charge in [0.15, 0.2) is 18.1 Å². The van der Waals surface area contributed by atoms with Crippen LogP contribution in [0.4, 0.5) is 4.39 Å². The Balaban J connectivity index is 1.39. The number of halogens is 1. The molecule has 2 aromatic carbocycles. The van der Waals surface area contributed by atoms with Gasteiger partial charge in [-0.1, -0.05) is 43.2 Å². The highest BCUT2D eigenvalue weighted by Crippen LogP contribution is 2.43. The van der Waals surface area contributed by atoms with Crippen molar-refractivity contribution in [1.82, 2.24) is 5.01 Å². The molecule has 1 amide bonds. The Morgan fingerprint density at radius 1 is 1.05 bits per heavy atom. The lowest BCUT2D eigenvalue weighted by atomic mass is 9.78. The van der Waals surface area contributed by atoms with E-state index in [-0.39, 0.29) is 0 Å².